The Labute approximate surface area is 162 Å². The molecule has 2 amide bonds. The van der Waals surface area contributed by atoms with Crippen molar-refractivity contribution in [3.05, 3.63) is 54.9 Å². The van der Waals surface area contributed by atoms with Gasteiger partial charge in [0.25, 0.3) is 0 Å². The molecule has 0 aliphatic carbocycles. The third-order valence-electron chi connectivity index (χ3n) is 4.12. The molecular weight excluding hydrogens is 352 g/mol. The molecule has 142 valence electrons. The van der Waals surface area contributed by atoms with Crippen molar-refractivity contribution < 1.29 is 4.79 Å². The Morgan fingerprint density at radius 3 is 2.04 bits per heavy atom. The van der Waals surface area contributed by atoms with Crippen LogP contribution >= 0.6 is 0 Å². The number of benzene rings is 1. The Morgan fingerprint density at radius 2 is 1.50 bits per heavy atom. The lowest BCUT2D eigenvalue weighted by Gasteiger charge is -2.20. The summed E-state index contributed by atoms with van der Waals surface area (Å²) in [6, 6.07) is 13.0. The van der Waals surface area contributed by atoms with E-state index in [1.54, 1.807) is 0 Å². The van der Waals surface area contributed by atoms with E-state index in [9.17, 15) is 4.79 Å². The zero-order chi connectivity index (χ0) is 19.7. The van der Waals surface area contributed by atoms with E-state index in [0.717, 1.165) is 28.3 Å². The van der Waals surface area contributed by atoms with Crippen LogP contribution in [0.2, 0.25) is 0 Å². The molecular formula is C21H22N6O. The minimum atomic E-state index is -0.313. The van der Waals surface area contributed by atoms with E-state index in [1.807, 2.05) is 75.6 Å². The fourth-order valence-corrected chi connectivity index (χ4v) is 2.97. The lowest BCUT2D eigenvalue weighted by molar-refractivity contribution is 0.244. The van der Waals surface area contributed by atoms with Gasteiger partial charge in [0.15, 0.2) is 0 Å². The molecule has 0 bridgehead atoms. The molecule has 1 aromatic carbocycles. The number of nitrogens with zero attached hydrogens (tertiary/aromatic N) is 2. The first-order valence-electron chi connectivity index (χ1n) is 9.07. The van der Waals surface area contributed by atoms with Gasteiger partial charge in [-0.3, -0.25) is 0 Å². The van der Waals surface area contributed by atoms with E-state index in [1.165, 1.54) is 0 Å². The van der Waals surface area contributed by atoms with Gasteiger partial charge in [-0.05, 0) is 63.2 Å². The fourth-order valence-electron chi connectivity index (χ4n) is 2.97. The second kappa shape index (κ2) is 6.84. The summed E-state index contributed by atoms with van der Waals surface area (Å²) in [4.78, 5) is 28.2. The minimum Gasteiger partial charge on any atom is -0.360 e. The van der Waals surface area contributed by atoms with Crippen molar-refractivity contribution in [1.82, 2.24) is 25.3 Å². The summed E-state index contributed by atoms with van der Waals surface area (Å²) in [5.41, 5.74) is 5.09. The molecule has 4 N–H and O–H groups in total. The zero-order valence-electron chi connectivity index (χ0n) is 16.0. The molecule has 0 atom stereocenters. The molecule has 4 rings (SSSR count). The topological polar surface area (TPSA) is 98.5 Å². The van der Waals surface area contributed by atoms with Gasteiger partial charge in [0.2, 0.25) is 0 Å². The highest BCUT2D eigenvalue weighted by atomic mass is 16.2. The minimum absolute atomic E-state index is 0.257. The molecule has 3 aromatic heterocycles. The van der Waals surface area contributed by atoms with Crippen LogP contribution in [0.5, 0.6) is 0 Å². The fraction of sp³-hybridized carbons (Fsp3) is 0.190. The Kier molecular flexibility index (Phi) is 4.35. The molecule has 0 spiro atoms. The van der Waals surface area contributed by atoms with Crippen LogP contribution in [-0.2, 0) is 0 Å². The van der Waals surface area contributed by atoms with Crippen molar-refractivity contribution in [2.45, 2.75) is 26.3 Å². The maximum absolute atomic E-state index is 12.2. The van der Waals surface area contributed by atoms with Gasteiger partial charge in [0.1, 0.15) is 11.4 Å². The molecule has 7 heteroatoms. The third-order valence-corrected chi connectivity index (χ3v) is 4.12. The number of hydrogen-bond acceptors (Lipinski definition) is 3. The Morgan fingerprint density at radius 1 is 0.893 bits per heavy atom. The van der Waals surface area contributed by atoms with Crippen molar-refractivity contribution in [2.75, 3.05) is 5.32 Å². The standard InChI is InChI=1S/C21H22N6O/c1-21(2,3)27-20(28)24-13-8-9-14-17(12-13)26-19(16-7-5-11-23-16)18(25-14)15-6-4-10-22-15/h4-12,22-23H,1-3H3,(H2,24,27,28). The second-order valence-corrected chi connectivity index (χ2v) is 7.62. The van der Waals surface area contributed by atoms with Crippen LogP contribution in [0.4, 0.5) is 10.5 Å². The summed E-state index contributed by atoms with van der Waals surface area (Å²) in [7, 11) is 0. The van der Waals surface area contributed by atoms with Crippen LogP contribution < -0.4 is 10.6 Å². The van der Waals surface area contributed by atoms with E-state index < -0.39 is 0 Å². The summed E-state index contributed by atoms with van der Waals surface area (Å²) in [5, 5.41) is 5.74. The highest BCUT2D eigenvalue weighted by Crippen LogP contribution is 2.30. The van der Waals surface area contributed by atoms with Crippen LogP contribution in [-0.4, -0.2) is 31.5 Å². The molecule has 28 heavy (non-hydrogen) atoms. The van der Waals surface area contributed by atoms with Crippen LogP contribution in [0.3, 0.4) is 0 Å². The van der Waals surface area contributed by atoms with Crippen LogP contribution in [0, 0.1) is 0 Å². The van der Waals surface area contributed by atoms with Crippen molar-refractivity contribution in [3.8, 4) is 22.8 Å². The van der Waals surface area contributed by atoms with Gasteiger partial charge in [-0.25, -0.2) is 14.8 Å². The third kappa shape index (κ3) is 3.73. The number of urea groups is 1. The number of aromatic amines is 2. The largest absolute Gasteiger partial charge is 0.360 e. The Hall–Kier alpha value is -3.61. The molecule has 0 saturated heterocycles. The van der Waals surface area contributed by atoms with Gasteiger partial charge in [-0.2, -0.15) is 0 Å². The van der Waals surface area contributed by atoms with Crippen molar-refractivity contribution in [2.24, 2.45) is 0 Å². The van der Waals surface area contributed by atoms with Crippen LogP contribution in [0.15, 0.2) is 54.9 Å². The Bertz CT molecular complexity index is 1110. The molecule has 0 aliphatic rings. The molecule has 0 unspecified atom stereocenters. The lowest BCUT2D eigenvalue weighted by atomic mass is 10.1. The maximum atomic E-state index is 12.2. The predicted molar refractivity (Wildman–Crippen MR) is 111 cm³/mol. The van der Waals surface area contributed by atoms with Crippen LogP contribution in [0.1, 0.15) is 20.8 Å². The highest BCUT2D eigenvalue weighted by Gasteiger charge is 2.16. The van der Waals surface area contributed by atoms with E-state index >= 15 is 0 Å². The van der Waals surface area contributed by atoms with Gasteiger partial charge in [-0.15, -0.1) is 0 Å². The maximum Gasteiger partial charge on any atom is 0.319 e. The number of hydrogen-bond donors (Lipinski definition) is 4. The smallest absolute Gasteiger partial charge is 0.319 e. The first-order valence-corrected chi connectivity index (χ1v) is 9.07. The molecule has 4 aromatic rings. The SMILES string of the molecule is CC(C)(C)NC(=O)Nc1ccc2nc(-c3ccc[nH]3)c(-c3ccc[nH]3)nc2c1. The number of nitrogens with one attached hydrogen (secondary N) is 4. The van der Waals surface area contributed by atoms with Gasteiger partial charge in [0, 0.05) is 23.6 Å². The molecule has 0 saturated carbocycles. The number of rotatable bonds is 3. The normalized spacial score (nSPS) is 11.5. The zero-order valence-corrected chi connectivity index (χ0v) is 16.0. The first-order chi connectivity index (χ1) is 13.4. The number of fused-ring (bicyclic) bond motifs is 1. The quantitative estimate of drug-likeness (QED) is 0.424. The molecule has 0 radical (unpaired) electrons. The molecule has 3 heterocycles. The molecule has 0 aliphatic heterocycles. The number of carbonyl (C=O) groups excluding carboxylic acids is 1. The average molecular weight is 374 g/mol. The lowest BCUT2D eigenvalue weighted by Crippen LogP contribution is -2.43. The average Bonchev–Trinajstić information content (AvgIpc) is 3.32. The predicted octanol–water partition coefficient (Wildman–Crippen LogP) is 4.54. The summed E-state index contributed by atoms with van der Waals surface area (Å²) >= 11 is 0. The van der Waals surface area contributed by atoms with E-state index in [2.05, 4.69) is 20.6 Å². The van der Waals surface area contributed by atoms with Crippen LogP contribution in [0.25, 0.3) is 33.8 Å². The summed E-state index contributed by atoms with van der Waals surface area (Å²) in [6.45, 7) is 5.80. The van der Waals surface area contributed by atoms with E-state index in [4.69, 9.17) is 9.97 Å². The number of aromatic nitrogens is 4. The second-order valence-electron chi connectivity index (χ2n) is 7.62. The van der Waals surface area contributed by atoms with Gasteiger partial charge in [-0.1, -0.05) is 0 Å². The molecule has 0 fully saturated rings. The first kappa shape index (κ1) is 17.8. The summed E-state index contributed by atoms with van der Waals surface area (Å²) < 4.78 is 0. The van der Waals surface area contributed by atoms with Crippen molar-refractivity contribution in [3.63, 3.8) is 0 Å². The Balaban J connectivity index is 1.75. The number of H-pyrrole nitrogens is 2. The van der Waals surface area contributed by atoms with Gasteiger partial charge in [0.05, 0.1) is 22.4 Å². The number of amides is 2. The van der Waals surface area contributed by atoms with Crippen molar-refractivity contribution in [1.29, 1.82) is 0 Å². The van der Waals surface area contributed by atoms with E-state index in [-0.39, 0.29) is 11.6 Å². The summed E-state index contributed by atoms with van der Waals surface area (Å²) in [5.74, 6) is 0. The van der Waals surface area contributed by atoms with Gasteiger partial charge < -0.3 is 20.6 Å². The highest BCUT2D eigenvalue weighted by molar-refractivity contribution is 5.93. The van der Waals surface area contributed by atoms with Crippen molar-refractivity contribution >= 4 is 22.8 Å². The molecule has 7 nitrogen and oxygen atoms in total. The number of carbonyl (C=O) groups is 1. The van der Waals surface area contributed by atoms with Gasteiger partial charge >= 0.3 is 6.03 Å². The summed E-state index contributed by atoms with van der Waals surface area (Å²) in [6.07, 6.45) is 3.72. The monoisotopic (exact) mass is 374 g/mol. The number of anilines is 1. The van der Waals surface area contributed by atoms with E-state index in [0.29, 0.717) is 11.2 Å².